The lowest BCUT2D eigenvalue weighted by Gasteiger charge is -2.19. The van der Waals surface area contributed by atoms with Crippen molar-refractivity contribution in [1.29, 1.82) is 0 Å². The van der Waals surface area contributed by atoms with Gasteiger partial charge in [0.05, 0.1) is 11.7 Å². The SMILES string of the molecule is CCCNC(c1ccc(Br)cn1)c1ccc(F)c(F)c1F. The van der Waals surface area contributed by atoms with Crippen LogP contribution in [0.2, 0.25) is 0 Å². The van der Waals surface area contributed by atoms with Crippen molar-refractivity contribution in [3.05, 3.63) is 63.6 Å². The molecule has 1 atom stereocenters. The fraction of sp³-hybridized carbons (Fsp3) is 0.267. The van der Waals surface area contributed by atoms with Gasteiger partial charge in [0.1, 0.15) is 0 Å². The molecule has 112 valence electrons. The van der Waals surface area contributed by atoms with E-state index in [1.54, 1.807) is 18.3 Å². The van der Waals surface area contributed by atoms with Crippen molar-refractivity contribution in [3.63, 3.8) is 0 Å². The topological polar surface area (TPSA) is 24.9 Å². The number of aromatic nitrogens is 1. The van der Waals surface area contributed by atoms with Crippen LogP contribution in [0.5, 0.6) is 0 Å². The van der Waals surface area contributed by atoms with Gasteiger partial charge in [-0.05, 0) is 47.1 Å². The van der Waals surface area contributed by atoms with Gasteiger partial charge in [-0.1, -0.05) is 13.0 Å². The zero-order chi connectivity index (χ0) is 15.4. The molecule has 0 fully saturated rings. The summed E-state index contributed by atoms with van der Waals surface area (Å²) in [7, 11) is 0. The molecule has 1 aromatic carbocycles. The maximum atomic E-state index is 14.0. The average molecular weight is 359 g/mol. The number of pyridine rings is 1. The summed E-state index contributed by atoms with van der Waals surface area (Å²) in [6.45, 7) is 2.56. The Bertz CT molecular complexity index is 617. The van der Waals surface area contributed by atoms with E-state index in [4.69, 9.17) is 0 Å². The van der Waals surface area contributed by atoms with Crippen LogP contribution in [0.3, 0.4) is 0 Å². The van der Waals surface area contributed by atoms with Crippen LogP contribution in [0.4, 0.5) is 13.2 Å². The van der Waals surface area contributed by atoms with E-state index in [0.717, 1.165) is 17.0 Å². The summed E-state index contributed by atoms with van der Waals surface area (Å²) < 4.78 is 41.3. The third kappa shape index (κ3) is 3.63. The van der Waals surface area contributed by atoms with Gasteiger partial charge in [0, 0.05) is 16.2 Å². The minimum Gasteiger partial charge on any atom is -0.305 e. The van der Waals surface area contributed by atoms with E-state index in [1.165, 1.54) is 6.07 Å². The molecule has 1 aromatic heterocycles. The van der Waals surface area contributed by atoms with Gasteiger partial charge in [0.25, 0.3) is 0 Å². The zero-order valence-corrected chi connectivity index (χ0v) is 12.9. The van der Waals surface area contributed by atoms with Crippen LogP contribution in [-0.2, 0) is 0 Å². The highest BCUT2D eigenvalue weighted by molar-refractivity contribution is 9.10. The van der Waals surface area contributed by atoms with E-state index in [9.17, 15) is 13.2 Å². The number of halogens is 4. The van der Waals surface area contributed by atoms with Crippen molar-refractivity contribution in [2.24, 2.45) is 0 Å². The Kier molecular flexibility index (Phi) is 5.36. The molecular formula is C15H14BrF3N2. The summed E-state index contributed by atoms with van der Waals surface area (Å²) >= 11 is 3.27. The lowest BCUT2D eigenvalue weighted by atomic mass is 10.0. The second kappa shape index (κ2) is 7.04. The summed E-state index contributed by atoms with van der Waals surface area (Å²) in [5.41, 5.74) is 0.578. The van der Waals surface area contributed by atoms with Crippen LogP contribution >= 0.6 is 15.9 Å². The predicted octanol–water partition coefficient (Wildman–Crippen LogP) is 4.35. The minimum absolute atomic E-state index is 0.0390. The number of hydrogen-bond acceptors (Lipinski definition) is 2. The zero-order valence-electron chi connectivity index (χ0n) is 11.3. The van der Waals surface area contributed by atoms with E-state index in [-0.39, 0.29) is 5.56 Å². The molecule has 2 aromatic rings. The molecule has 0 spiro atoms. The fourth-order valence-corrected chi connectivity index (χ4v) is 2.22. The van der Waals surface area contributed by atoms with Gasteiger partial charge < -0.3 is 5.32 Å². The highest BCUT2D eigenvalue weighted by Gasteiger charge is 2.22. The highest BCUT2D eigenvalue weighted by Crippen LogP contribution is 2.26. The van der Waals surface area contributed by atoms with Gasteiger partial charge in [-0.2, -0.15) is 0 Å². The predicted molar refractivity (Wildman–Crippen MR) is 78.4 cm³/mol. The second-order valence-corrected chi connectivity index (χ2v) is 5.47. The normalized spacial score (nSPS) is 12.4. The summed E-state index contributed by atoms with van der Waals surface area (Å²) in [6.07, 6.45) is 2.39. The molecule has 1 heterocycles. The third-order valence-corrected chi connectivity index (χ3v) is 3.49. The first-order valence-electron chi connectivity index (χ1n) is 6.52. The van der Waals surface area contributed by atoms with Crippen molar-refractivity contribution in [3.8, 4) is 0 Å². The molecule has 0 radical (unpaired) electrons. The first-order valence-corrected chi connectivity index (χ1v) is 7.32. The minimum atomic E-state index is -1.46. The Hall–Kier alpha value is -1.40. The molecule has 1 unspecified atom stereocenters. The number of nitrogens with one attached hydrogen (secondary N) is 1. The maximum Gasteiger partial charge on any atom is 0.194 e. The number of rotatable bonds is 5. The summed E-state index contributed by atoms with van der Waals surface area (Å²) in [6, 6.07) is 5.00. The Morgan fingerprint density at radius 3 is 2.52 bits per heavy atom. The molecule has 0 saturated heterocycles. The van der Waals surface area contributed by atoms with E-state index in [1.807, 2.05) is 6.92 Å². The van der Waals surface area contributed by atoms with Crippen molar-refractivity contribution in [1.82, 2.24) is 10.3 Å². The fourth-order valence-electron chi connectivity index (χ4n) is 1.98. The smallest absolute Gasteiger partial charge is 0.194 e. The van der Waals surface area contributed by atoms with E-state index < -0.39 is 23.5 Å². The third-order valence-electron chi connectivity index (χ3n) is 3.02. The molecule has 0 amide bonds. The molecule has 21 heavy (non-hydrogen) atoms. The Morgan fingerprint density at radius 2 is 1.90 bits per heavy atom. The first kappa shape index (κ1) is 16.0. The van der Waals surface area contributed by atoms with Crippen LogP contribution in [-0.4, -0.2) is 11.5 Å². The maximum absolute atomic E-state index is 14.0. The van der Waals surface area contributed by atoms with Gasteiger partial charge in [-0.15, -0.1) is 0 Å². The highest BCUT2D eigenvalue weighted by atomic mass is 79.9. The number of hydrogen-bond donors (Lipinski definition) is 1. The largest absolute Gasteiger partial charge is 0.305 e. The van der Waals surface area contributed by atoms with E-state index >= 15 is 0 Å². The van der Waals surface area contributed by atoms with Crippen LogP contribution in [0.15, 0.2) is 34.9 Å². The molecule has 0 saturated carbocycles. The van der Waals surface area contributed by atoms with Gasteiger partial charge in [-0.25, -0.2) is 13.2 Å². The summed E-state index contributed by atoms with van der Waals surface area (Å²) in [5.74, 6) is -3.85. The van der Waals surface area contributed by atoms with E-state index in [0.29, 0.717) is 12.2 Å². The van der Waals surface area contributed by atoms with Crippen molar-refractivity contribution in [2.75, 3.05) is 6.54 Å². The van der Waals surface area contributed by atoms with Crippen LogP contribution in [0.25, 0.3) is 0 Å². The molecule has 2 rings (SSSR count). The Morgan fingerprint density at radius 1 is 1.14 bits per heavy atom. The molecule has 1 N–H and O–H groups in total. The van der Waals surface area contributed by atoms with Crippen molar-refractivity contribution in [2.45, 2.75) is 19.4 Å². The molecule has 6 heteroatoms. The average Bonchev–Trinajstić information content (AvgIpc) is 2.48. The molecular weight excluding hydrogens is 345 g/mol. The quantitative estimate of drug-likeness (QED) is 0.803. The molecule has 2 nitrogen and oxygen atoms in total. The lowest BCUT2D eigenvalue weighted by Crippen LogP contribution is -2.25. The molecule has 0 aliphatic heterocycles. The summed E-state index contributed by atoms with van der Waals surface area (Å²) in [4.78, 5) is 4.21. The van der Waals surface area contributed by atoms with Crippen molar-refractivity contribution >= 4 is 15.9 Å². The summed E-state index contributed by atoms with van der Waals surface area (Å²) in [5, 5.41) is 3.10. The Labute approximate surface area is 129 Å². The molecule has 0 aliphatic carbocycles. The Balaban J connectivity index is 2.45. The molecule has 0 bridgehead atoms. The number of benzene rings is 1. The van der Waals surface area contributed by atoms with Crippen molar-refractivity contribution < 1.29 is 13.2 Å². The van der Waals surface area contributed by atoms with Gasteiger partial charge in [-0.3, -0.25) is 4.98 Å². The van der Waals surface area contributed by atoms with Crippen LogP contribution in [0, 0.1) is 17.5 Å². The first-order chi connectivity index (χ1) is 10.0. The van der Waals surface area contributed by atoms with E-state index in [2.05, 4.69) is 26.2 Å². The second-order valence-electron chi connectivity index (χ2n) is 4.55. The van der Waals surface area contributed by atoms with Gasteiger partial charge in [0.2, 0.25) is 0 Å². The molecule has 0 aliphatic rings. The standard InChI is InChI=1S/C15H14BrF3N2/c1-2-7-20-15(12-6-3-9(16)8-21-12)10-4-5-11(17)14(19)13(10)18/h3-6,8,15,20H,2,7H2,1H3. The number of nitrogens with zero attached hydrogens (tertiary/aromatic N) is 1. The lowest BCUT2D eigenvalue weighted by molar-refractivity contribution is 0.431. The van der Waals surface area contributed by atoms with Crippen LogP contribution < -0.4 is 5.32 Å². The van der Waals surface area contributed by atoms with Gasteiger partial charge >= 0.3 is 0 Å². The monoisotopic (exact) mass is 358 g/mol. The van der Waals surface area contributed by atoms with Crippen LogP contribution in [0.1, 0.15) is 30.6 Å². The van der Waals surface area contributed by atoms with Gasteiger partial charge in [0.15, 0.2) is 17.5 Å².